The van der Waals surface area contributed by atoms with E-state index >= 15 is 0 Å². The van der Waals surface area contributed by atoms with Gasteiger partial charge in [-0.05, 0) is 47.5 Å². The van der Waals surface area contributed by atoms with E-state index in [2.05, 4.69) is 0 Å². The Morgan fingerprint density at radius 2 is 0.892 bits per heavy atom. The number of rotatable bonds is 6. The minimum atomic E-state index is -2.35. The summed E-state index contributed by atoms with van der Waals surface area (Å²) in [6, 6.07) is 10.1. The lowest BCUT2D eigenvalue weighted by atomic mass is 9.64. The summed E-state index contributed by atoms with van der Waals surface area (Å²) in [6.45, 7) is 0. The third kappa shape index (κ3) is 4.18. The zero-order valence-electron chi connectivity index (χ0n) is 18.4. The summed E-state index contributed by atoms with van der Waals surface area (Å²) in [5.74, 6) is -6.27. The van der Waals surface area contributed by atoms with E-state index in [4.69, 9.17) is 0 Å². The molecule has 0 bridgehead atoms. The van der Waals surface area contributed by atoms with E-state index in [0.717, 1.165) is 48.5 Å². The molecule has 0 aliphatic carbocycles. The quantitative estimate of drug-likeness (QED) is 0.144. The number of aromatic hydroxyl groups is 2. The number of phenols is 2. The molecule has 0 heterocycles. The van der Waals surface area contributed by atoms with Crippen LogP contribution >= 0.6 is 0 Å². The summed E-state index contributed by atoms with van der Waals surface area (Å²) in [5, 5.41) is 45.2. The second-order valence-electron chi connectivity index (χ2n) is 7.92. The van der Waals surface area contributed by atoms with Crippen LogP contribution < -0.4 is 0 Å². The highest BCUT2D eigenvalue weighted by Crippen LogP contribution is 2.54. The molecule has 0 saturated carbocycles. The van der Waals surface area contributed by atoms with E-state index in [0.29, 0.717) is 24.3 Å². The van der Waals surface area contributed by atoms with E-state index < -0.39 is 72.5 Å². The molecule has 0 spiro atoms. The van der Waals surface area contributed by atoms with Gasteiger partial charge in [0, 0.05) is 11.1 Å². The van der Waals surface area contributed by atoms with Crippen molar-refractivity contribution in [1.29, 1.82) is 0 Å². The highest BCUT2D eigenvalue weighted by molar-refractivity contribution is 5.71. The fourth-order valence-corrected chi connectivity index (χ4v) is 4.35. The Balaban J connectivity index is 2.33. The van der Waals surface area contributed by atoms with Crippen molar-refractivity contribution in [3.05, 3.63) is 139 Å². The van der Waals surface area contributed by atoms with Gasteiger partial charge in [-0.1, -0.05) is 24.3 Å². The summed E-state index contributed by atoms with van der Waals surface area (Å²) in [5.41, 5.74) is -6.17. The maximum Gasteiger partial charge on any atom is 0.313 e. The molecule has 0 saturated heterocycles. The maximum absolute atomic E-state index is 14.8. The predicted molar refractivity (Wildman–Crippen MR) is 121 cm³/mol. The van der Waals surface area contributed by atoms with Gasteiger partial charge in [-0.2, -0.15) is 0 Å². The molecule has 0 amide bonds. The standard InChI is InChI=1S/C25H14F4N2O6/c26-15-5-1-13(2-6-15)25(14-3-7-16(27)8-4-14,19-9-17(28)11-21(23(19)32)30(34)35)20-10-18(29)12-22(24(20)33)31(36)37/h1-12,32-33H. The van der Waals surface area contributed by atoms with Crippen molar-refractivity contribution < 1.29 is 37.6 Å². The normalized spacial score (nSPS) is 11.4. The first-order valence-corrected chi connectivity index (χ1v) is 10.3. The van der Waals surface area contributed by atoms with Crippen molar-refractivity contribution in [2.75, 3.05) is 0 Å². The fourth-order valence-electron chi connectivity index (χ4n) is 4.35. The van der Waals surface area contributed by atoms with Crippen LogP contribution in [0.25, 0.3) is 0 Å². The molecule has 0 radical (unpaired) electrons. The first kappa shape index (κ1) is 25.1. The largest absolute Gasteiger partial charge is 0.502 e. The van der Waals surface area contributed by atoms with Gasteiger partial charge in [0.05, 0.1) is 27.4 Å². The zero-order chi connectivity index (χ0) is 27.1. The summed E-state index contributed by atoms with van der Waals surface area (Å²) in [4.78, 5) is 21.0. The van der Waals surface area contributed by atoms with E-state index in [1.807, 2.05) is 0 Å². The maximum atomic E-state index is 14.8. The summed E-state index contributed by atoms with van der Waals surface area (Å²) in [7, 11) is 0. The third-order valence-corrected chi connectivity index (χ3v) is 5.87. The van der Waals surface area contributed by atoms with E-state index in [9.17, 15) is 48.0 Å². The Kier molecular flexibility index (Phi) is 6.26. The molecule has 188 valence electrons. The van der Waals surface area contributed by atoms with Crippen molar-refractivity contribution in [3.8, 4) is 11.5 Å². The Labute approximate surface area is 205 Å². The van der Waals surface area contributed by atoms with Crippen LogP contribution in [0.5, 0.6) is 11.5 Å². The number of nitro benzene ring substituents is 2. The Morgan fingerprint density at radius 1 is 0.568 bits per heavy atom. The average molecular weight is 514 g/mol. The predicted octanol–water partition coefficient (Wildman–Crippen LogP) is 5.85. The number of hydrogen-bond donors (Lipinski definition) is 2. The topological polar surface area (TPSA) is 127 Å². The number of phenolic OH excluding ortho intramolecular Hbond substituents is 2. The monoisotopic (exact) mass is 514 g/mol. The van der Waals surface area contributed by atoms with Crippen LogP contribution in [0.2, 0.25) is 0 Å². The SMILES string of the molecule is O=[N+]([O-])c1cc(F)cc(C(c2ccc(F)cc2)(c2ccc(F)cc2)c2cc(F)cc([N+](=O)[O-])c2O)c1O. The first-order valence-electron chi connectivity index (χ1n) is 10.3. The van der Waals surface area contributed by atoms with Crippen molar-refractivity contribution in [3.63, 3.8) is 0 Å². The van der Waals surface area contributed by atoms with Crippen LogP contribution in [0.4, 0.5) is 28.9 Å². The van der Waals surface area contributed by atoms with Crippen LogP contribution in [0, 0.1) is 43.5 Å². The lowest BCUT2D eigenvalue weighted by Gasteiger charge is -2.37. The number of nitro groups is 2. The Morgan fingerprint density at radius 3 is 1.19 bits per heavy atom. The minimum absolute atomic E-state index is 0.133. The summed E-state index contributed by atoms with van der Waals surface area (Å²) in [6.07, 6.45) is 0. The molecule has 4 rings (SSSR count). The van der Waals surface area contributed by atoms with E-state index in [1.165, 1.54) is 0 Å². The number of hydrogen-bond acceptors (Lipinski definition) is 6. The van der Waals surface area contributed by atoms with Gasteiger partial charge in [-0.25, -0.2) is 17.6 Å². The molecule has 0 atom stereocenters. The molecule has 4 aromatic carbocycles. The molecule has 0 unspecified atom stereocenters. The fraction of sp³-hybridized carbons (Fsp3) is 0.0400. The lowest BCUT2D eigenvalue weighted by Crippen LogP contribution is -2.32. The van der Waals surface area contributed by atoms with E-state index in [-0.39, 0.29) is 11.1 Å². The molecule has 8 nitrogen and oxygen atoms in total. The van der Waals surface area contributed by atoms with Gasteiger partial charge in [0.2, 0.25) is 0 Å². The van der Waals surface area contributed by atoms with Crippen LogP contribution in [0.15, 0.2) is 72.8 Å². The zero-order valence-corrected chi connectivity index (χ0v) is 18.4. The van der Waals surface area contributed by atoms with Gasteiger partial charge in [-0.3, -0.25) is 20.2 Å². The van der Waals surface area contributed by atoms with Crippen molar-refractivity contribution in [2.45, 2.75) is 5.41 Å². The van der Waals surface area contributed by atoms with Crippen LogP contribution in [0.1, 0.15) is 22.3 Å². The van der Waals surface area contributed by atoms with Crippen molar-refractivity contribution >= 4 is 11.4 Å². The first-order chi connectivity index (χ1) is 17.5. The van der Waals surface area contributed by atoms with Gasteiger partial charge in [0.1, 0.15) is 23.3 Å². The second kappa shape index (κ2) is 9.22. The molecule has 4 aromatic rings. The van der Waals surface area contributed by atoms with Gasteiger partial charge in [-0.15, -0.1) is 0 Å². The highest BCUT2D eigenvalue weighted by Gasteiger charge is 2.46. The molecule has 12 heteroatoms. The Hall–Kier alpha value is -5.00. The second-order valence-corrected chi connectivity index (χ2v) is 7.92. The number of nitrogens with zero attached hydrogens (tertiary/aromatic N) is 2. The average Bonchev–Trinajstić information content (AvgIpc) is 2.84. The third-order valence-electron chi connectivity index (χ3n) is 5.87. The highest BCUT2D eigenvalue weighted by atomic mass is 19.1. The smallest absolute Gasteiger partial charge is 0.313 e. The molecule has 2 N–H and O–H groups in total. The van der Waals surface area contributed by atoms with Crippen molar-refractivity contribution in [2.24, 2.45) is 0 Å². The molecular weight excluding hydrogens is 500 g/mol. The minimum Gasteiger partial charge on any atom is -0.502 e. The van der Waals surface area contributed by atoms with E-state index in [1.54, 1.807) is 0 Å². The Bertz CT molecular complexity index is 1430. The molecule has 0 aliphatic rings. The van der Waals surface area contributed by atoms with Crippen LogP contribution in [-0.2, 0) is 5.41 Å². The van der Waals surface area contributed by atoms with Crippen molar-refractivity contribution in [1.82, 2.24) is 0 Å². The van der Waals surface area contributed by atoms with Gasteiger partial charge >= 0.3 is 11.4 Å². The van der Waals surface area contributed by atoms with Gasteiger partial charge < -0.3 is 10.2 Å². The number of benzene rings is 4. The molecule has 0 aliphatic heterocycles. The van der Waals surface area contributed by atoms with Crippen LogP contribution in [-0.4, -0.2) is 20.1 Å². The van der Waals surface area contributed by atoms with Gasteiger partial charge in [0.15, 0.2) is 11.5 Å². The molecular formula is C25H14F4N2O6. The number of halogens is 4. The molecule has 0 fully saturated rings. The van der Waals surface area contributed by atoms with Gasteiger partial charge in [0.25, 0.3) is 0 Å². The molecule has 37 heavy (non-hydrogen) atoms. The molecule has 0 aromatic heterocycles. The summed E-state index contributed by atoms with van der Waals surface area (Å²) < 4.78 is 57.4. The lowest BCUT2D eigenvalue weighted by molar-refractivity contribution is -0.386. The summed E-state index contributed by atoms with van der Waals surface area (Å²) >= 11 is 0. The van der Waals surface area contributed by atoms with Crippen LogP contribution in [0.3, 0.4) is 0 Å².